The van der Waals surface area contributed by atoms with Gasteiger partial charge in [-0.25, -0.2) is 18.4 Å². The molecule has 0 bridgehead atoms. The Morgan fingerprint density at radius 2 is 1.95 bits per heavy atom. The van der Waals surface area contributed by atoms with Crippen LogP contribution < -0.4 is 10.5 Å². The van der Waals surface area contributed by atoms with Crippen LogP contribution in [0.2, 0.25) is 0 Å². The number of aromatic nitrogens is 2. The minimum atomic E-state index is -4.60. The van der Waals surface area contributed by atoms with Crippen LogP contribution in [0.3, 0.4) is 0 Å². The molecule has 10 heteroatoms. The largest absolute Gasteiger partial charge is 0.404 e. The predicted molar refractivity (Wildman–Crippen MR) is 74.7 cm³/mol. The van der Waals surface area contributed by atoms with Gasteiger partial charge in [-0.1, -0.05) is 13.8 Å². The number of hydrogen-bond acceptors (Lipinski definition) is 5. The average Bonchev–Trinajstić information content (AvgIpc) is 3.21. The highest BCUT2D eigenvalue weighted by molar-refractivity contribution is 7.93. The Bertz CT molecular complexity index is 657. The van der Waals surface area contributed by atoms with Crippen molar-refractivity contribution in [3.8, 4) is 0 Å². The first kappa shape index (κ1) is 16.9. The summed E-state index contributed by atoms with van der Waals surface area (Å²) >= 11 is 0. The summed E-state index contributed by atoms with van der Waals surface area (Å²) in [6, 6.07) is -0.844. The molecule has 1 saturated carbocycles. The van der Waals surface area contributed by atoms with E-state index in [0.29, 0.717) is 12.8 Å². The molecule has 1 fully saturated rings. The van der Waals surface area contributed by atoms with Gasteiger partial charge in [-0.05, 0) is 18.9 Å². The molecule has 1 aromatic rings. The summed E-state index contributed by atoms with van der Waals surface area (Å²) in [7, 11) is -3.58. The number of nitrogens with two attached hydrogens (primary N) is 1. The van der Waals surface area contributed by atoms with Gasteiger partial charge >= 0.3 is 6.18 Å². The van der Waals surface area contributed by atoms with E-state index in [2.05, 4.69) is 14.7 Å². The minimum absolute atomic E-state index is 0.0146. The number of anilines is 1. The maximum atomic E-state index is 12.8. The molecule has 0 radical (unpaired) electrons. The lowest BCUT2D eigenvalue weighted by Crippen LogP contribution is -2.51. The highest BCUT2D eigenvalue weighted by Gasteiger charge is 2.48. The number of halogens is 3. The predicted octanol–water partition coefficient (Wildman–Crippen LogP) is 1.55. The van der Waals surface area contributed by atoms with E-state index in [4.69, 9.17) is 5.73 Å². The Hall–Kier alpha value is -1.42. The molecule has 1 aromatic heterocycles. The average molecular weight is 338 g/mol. The van der Waals surface area contributed by atoms with Crippen LogP contribution in [-0.2, 0) is 15.4 Å². The van der Waals surface area contributed by atoms with Crippen molar-refractivity contribution in [2.45, 2.75) is 49.6 Å². The summed E-state index contributed by atoms with van der Waals surface area (Å²) in [4.78, 5) is 7.64. The summed E-state index contributed by atoms with van der Waals surface area (Å²) in [6.45, 7) is 2.60. The number of sulfonamides is 1. The van der Waals surface area contributed by atoms with Crippen molar-refractivity contribution in [3.63, 3.8) is 0 Å². The third kappa shape index (κ3) is 3.49. The van der Waals surface area contributed by atoms with Crippen LogP contribution in [0.25, 0.3) is 0 Å². The maximum absolute atomic E-state index is 12.8. The first-order chi connectivity index (χ1) is 9.94. The molecule has 0 saturated heterocycles. The van der Waals surface area contributed by atoms with Gasteiger partial charge in [0.15, 0.2) is 0 Å². The molecule has 1 atom stereocenters. The molecule has 1 unspecified atom stereocenters. The fourth-order valence-electron chi connectivity index (χ4n) is 1.92. The van der Waals surface area contributed by atoms with Crippen LogP contribution in [0.1, 0.15) is 32.4 Å². The zero-order valence-corrected chi connectivity index (χ0v) is 12.9. The Morgan fingerprint density at radius 3 is 2.45 bits per heavy atom. The molecule has 0 aliphatic heterocycles. The number of alkyl halides is 3. The van der Waals surface area contributed by atoms with Gasteiger partial charge in [0.2, 0.25) is 16.0 Å². The van der Waals surface area contributed by atoms with Crippen LogP contribution in [0, 0.1) is 0 Å². The van der Waals surface area contributed by atoms with E-state index in [9.17, 15) is 21.6 Å². The molecule has 3 N–H and O–H groups in total. The molecule has 1 aliphatic rings. The smallest absolute Gasteiger partial charge is 0.319 e. The third-order valence-corrected chi connectivity index (χ3v) is 5.46. The van der Waals surface area contributed by atoms with E-state index in [-0.39, 0.29) is 11.6 Å². The highest BCUT2D eigenvalue weighted by atomic mass is 32.2. The molecular weight excluding hydrogens is 321 g/mol. The lowest BCUT2D eigenvalue weighted by Gasteiger charge is -2.32. The standard InChI is InChI=1S/C12H17F3N4O2S/c1-11(2,9(16)12(13,14)15)8-5-6-17-10(18-8)19-22(20,21)7-3-4-7/h5-7,9H,3-4,16H2,1-2H3,(H,17,18,19). The molecule has 22 heavy (non-hydrogen) atoms. The van der Waals surface area contributed by atoms with Crippen molar-refractivity contribution in [2.75, 3.05) is 4.72 Å². The van der Waals surface area contributed by atoms with Crippen molar-refractivity contribution in [1.29, 1.82) is 0 Å². The van der Waals surface area contributed by atoms with Crippen molar-refractivity contribution in [1.82, 2.24) is 9.97 Å². The van der Waals surface area contributed by atoms with Crippen LogP contribution in [-0.4, -0.2) is 35.9 Å². The van der Waals surface area contributed by atoms with Crippen LogP contribution in [0.5, 0.6) is 0 Å². The van der Waals surface area contributed by atoms with E-state index in [1.807, 2.05) is 0 Å². The SMILES string of the molecule is CC(C)(c1ccnc(NS(=O)(=O)C2CC2)n1)C(N)C(F)(F)F. The molecule has 6 nitrogen and oxygen atoms in total. The molecule has 1 heterocycles. The van der Waals surface area contributed by atoms with Gasteiger partial charge in [0, 0.05) is 11.6 Å². The molecular formula is C12H17F3N4O2S. The van der Waals surface area contributed by atoms with E-state index < -0.39 is 32.9 Å². The van der Waals surface area contributed by atoms with E-state index in [0.717, 1.165) is 0 Å². The Morgan fingerprint density at radius 1 is 1.36 bits per heavy atom. The maximum Gasteiger partial charge on any atom is 0.404 e. The fourth-order valence-corrected chi connectivity index (χ4v) is 3.20. The first-order valence-electron chi connectivity index (χ1n) is 6.62. The van der Waals surface area contributed by atoms with Gasteiger partial charge in [0.25, 0.3) is 0 Å². The summed E-state index contributed by atoms with van der Waals surface area (Å²) in [5.41, 5.74) is 3.76. The Kier molecular flexibility index (Phi) is 4.11. The summed E-state index contributed by atoms with van der Waals surface area (Å²) < 4.78 is 64.3. The topological polar surface area (TPSA) is 98.0 Å². The van der Waals surface area contributed by atoms with Crippen LogP contribution in [0.15, 0.2) is 12.3 Å². The Balaban J connectivity index is 2.28. The van der Waals surface area contributed by atoms with Gasteiger partial charge in [0.1, 0.15) is 6.04 Å². The fraction of sp³-hybridized carbons (Fsp3) is 0.667. The van der Waals surface area contributed by atoms with Crippen molar-refractivity contribution >= 4 is 16.0 Å². The molecule has 1 aliphatic carbocycles. The minimum Gasteiger partial charge on any atom is -0.319 e. The third-order valence-electron chi connectivity index (χ3n) is 3.64. The highest BCUT2D eigenvalue weighted by Crippen LogP contribution is 2.35. The quantitative estimate of drug-likeness (QED) is 0.849. The number of nitrogens with one attached hydrogen (secondary N) is 1. The lowest BCUT2D eigenvalue weighted by molar-refractivity contribution is -0.160. The van der Waals surface area contributed by atoms with Gasteiger partial charge in [-0.15, -0.1) is 0 Å². The van der Waals surface area contributed by atoms with Crippen LogP contribution >= 0.6 is 0 Å². The van der Waals surface area contributed by atoms with Gasteiger partial charge < -0.3 is 5.73 Å². The normalized spacial score (nSPS) is 18.1. The zero-order valence-electron chi connectivity index (χ0n) is 12.1. The lowest BCUT2D eigenvalue weighted by atomic mass is 9.81. The van der Waals surface area contributed by atoms with Gasteiger partial charge in [-0.2, -0.15) is 13.2 Å². The molecule has 0 aromatic carbocycles. The summed E-state index contributed by atoms with van der Waals surface area (Å²) in [6.07, 6.45) is -2.28. The Labute approximate surface area is 126 Å². The van der Waals surface area contributed by atoms with E-state index in [1.165, 1.54) is 26.1 Å². The van der Waals surface area contributed by atoms with E-state index in [1.54, 1.807) is 0 Å². The molecule has 124 valence electrons. The van der Waals surface area contributed by atoms with Gasteiger partial charge in [-0.3, -0.25) is 4.72 Å². The first-order valence-corrected chi connectivity index (χ1v) is 8.16. The second-order valence-corrected chi connectivity index (χ2v) is 7.81. The van der Waals surface area contributed by atoms with Crippen molar-refractivity contribution in [3.05, 3.63) is 18.0 Å². The second kappa shape index (κ2) is 5.34. The van der Waals surface area contributed by atoms with Crippen molar-refractivity contribution in [2.24, 2.45) is 5.73 Å². The molecule has 0 amide bonds. The summed E-state index contributed by atoms with van der Waals surface area (Å²) in [5, 5.41) is -0.481. The van der Waals surface area contributed by atoms with E-state index >= 15 is 0 Å². The number of nitrogens with zero attached hydrogens (tertiary/aromatic N) is 2. The monoisotopic (exact) mass is 338 g/mol. The van der Waals surface area contributed by atoms with Gasteiger partial charge in [0.05, 0.1) is 10.9 Å². The molecule has 0 spiro atoms. The number of rotatable bonds is 5. The molecule has 2 rings (SSSR count). The number of hydrogen-bond donors (Lipinski definition) is 2. The summed E-state index contributed by atoms with van der Waals surface area (Å²) in [5.74, 6) is -0.244. The second-order valence-electron chi connectivity index (χ2n) is 5.85. The van der Waals surface area contributed by atoms with Crippen molar-refractivity contribution < 1.29 is 21.6 Å². The zero-order chi connectivity index (χ0) is 16.8. The van der Waals surface area contributed by atoms with Crippen LogP contribution in [0.4, 0.5) is 19.1 Å².